The zero-order valence-corrected chi connectivity index (χ0v) is 16.0. The highest BCUT2D eigenvalue weighted by Gasteiger charge is 2.39. The van der Waals surface area contributed by atoms with Crippen LogP contribution in [0.1, 0.15) is 31.2 Å². The Labute approximate surface area is 158 Å². The third kappa shape index (κ3) is 6.10. The molecule has 0 radical (unpaired) electrons. The van der Waals surface area contributed by atoms with E-state index in [1.807, 2.05) is 0 Å². The van der Waals surface area contributed by atoms with Gasteiger partial charge in [0, 0.05) is 30.5 Å². The van der Waals surface area contributed by atoms with E-state index in [-0.39, 0.29) is 23.3 Å². The second kappa shape index (κ2) is 8.93. The molecule has 0 aromatic heterocycles. The van der Waals surface area contributed by atoms with Gasteiger partial charge in [0.25, 0.3) is 0 Å². The summed E-state index contributed by atoms with van der Waals surface area (Å²) in [5.74, 6) is -3.47. The molecule has 0 saturated carbocycles. The summed E-state index contributed by atoms with van der Waals surface area (Å²) in [4.78, 5) is 13.6. The topological polar surface area (TPSA) is 74.7 Å². The van der Waals surface area contributed by atoms with Crippen LogP contribution in [-0.4, -0.2) is 55.0 Å². The maximum absolute atomic E-state index is 14.3. The molecule has 150 valence electrons. The Morgan fingerprint density at radius 3 is 2.59 bits per heavy atom. The van der Waals surface area contributed by atoms with E-state index in [2.05, 4.69) is 0 Å². The second-order valence-corrected chi connectivity index (χ2v) is 9.11. The van der Waals surface area contributed by atoms with Crippen LogP contribution in [0.15, 0.2) is 42.5 Å². The van der Waals surface area contributed by atoms with Gasteiger partial charge in [-0.05, 0) is 19.3 Å². The number of carbonyl (C=O) groups is 1. The molecule has 0 unspecified atom stereocenters. The molecular formula is C19H25F2NO4S. The summed E-state index contributed by atoms with van der Waals surface area (Å²) in [5, 5.41) is 9.94. The third-order valence-electron chi connectivity index (χ3n) is 4.58. The van der Waals surface area contributed by atoms with Crippen molar-refractivity contribution in [1.29, 1.82) is 0 Å². The molecule has 2 atom stereocenters. The molecule has 1 N–H and O–H groups in total. The van der Waals surface area contributed by atoms with Crippen molar-refractivity contribution in [2.45, 2.75) is 43.8 Å². The molecule has 1 saturated heterocycles. The predicted molar refractivity (Wildman–Crippen MR) is 99.2 cm³/mol. The van der Waals surface area contributed by atoms with E-state index in [4.69, 9.17) is 0 Å². The molecule has 1 aromatic carbocycles. The van der Waals surface area contributed by atoms with Crippen molar-refractivity contribution in [3.63, 3.8) is 0 Å². The van der Waals surface area contributed by atoms with Gasteiger partial charge in [-0.25, -0.2) is 8.42 Å². The number of likely N-dealkylation sites (tertiary alicyclic amines) is 1. The summed E-state index contributed by atoms with van der Waals surface area (Å²) in [5.41, 5.74) is -0.276. The van der Waals surface area contributed by atoms with Crippen LogP contribution in [0, 0.1) is 0 Å². The van der Waals surface area contributed by atoms with Gasteiger partial charge < -0.3 is 10.0 Å². The number of rotatable bonds is 9. The van der Waals surface area contributed by atoms with Gasteiger partial charge in [0.15, 0.2) is 0 Å². The normalized spacial score (nSPS) is 19.8. The molecule has 27 heavy (non-hydrogen) atoms. The molecule has 1 heterocycles. The monoisotopic (exact) mass is 401 g/mol. The van der Waals surface area contributed by atoms with Gasteiger partial charge in [-0.2, -0.15) is 8.78 Å². The average Bonchev–Trinajstić information content (AvgIpc) is 2.96. The highest BCUT2D eigenvalue weighted by molar-refractivity contribution is 7.90. The largest absolute Gasteiger partial charge is 0.382 e. The number of aliphatic hydroxyl groups excluding tert-OH is 1. The van der Waals surface area contributed by atoms with Crippen molar-refractivity contribution < 1.29 is 27.1 Å². The van der Waals surface area contributed by atoms with Crippen LogP contribution >= 0.6 is 0 Å². The van der Waals surface area contributed by atoms with Crippen LogP contribution in [0.2, 0.25) is 0 Å². The quantitative estimate of drug-likeness (QED) is 0.510. The standard InChI is InChI=1S/C19H25F2NO4S/c1-27(25,26)14-6-5-13-22-16(10-12-18(22)24)9-11-17(23)19(20,21)15-7-3-2-4-8-15/h2-4,7-9,11,16-17,23H,5-6,10,12-14H2,1H3/b11-9+/t16-,17+/m0/s1. The Hall–Kier alpha value is -1.80. The van der Waals surface area contributed by atoms with Crippen molar-refractivity contribution in [3.05, 3.63) is 48.0 Å². The Morgan fingerprint density at radius 2 is 1.96 bits per heavy atom. The summed E-state index contributed by atoms with van der Waals surface area (Å²) in [7, 11) is -3.04. The van der Waals surface area contributed by atoms with Gasteiger partial charge in [-0.1, -0.05) is 42.5 Å². The number of hydrogen-bond acceptors (Lipinski definition) is 4. The highest BCUT2D eigenvalue weighted by atomic mass is 32.2. The van der Waals surface area contributed by atoms with Crippen molar-refractivity contribution in [2.75, 3.05) is 18.6 Å². The lowest BCUT2D eigenvalue weighted by atomic mass is 10.0. The zero-order chi connectivity index (χ0) is 20.1. The summed E-state index contributed by atoms with van der Waals surface area (Å²) in [6, 6.07) is 6.72. The molecule has 1 fully saturated rings. The number of alkyl halides is 2. The van der Waals surface area contributed by atoms with E-state index in [0.29, 0.717) is 32.2 Å². The van der Waals surface area contributed by atoms with Gasteiger partial charge in [-0.15, -0.1) is 0 Å². The maximum atomic E-state index is 14.3. The number of benzene rings is 1. The van der Waals surface area contributed by atoms with E-state index in [9.17, 15) is 27.1 Å². The Morgan fingerprint density at radius 1 is 1.30 bits per heavy atom. The fourth-order valence-electron chi connectivity index (χ4n) is 3.08. The fourth-order valence-corrected chi connectivity index (χ4v) is 3.81. The number of aliphatic hydroxyl groups is 1. The number of hydrogen-bond donors (Lipinski definition) is 1. The second-order valence-electron chi connectivity index (χ2n) is 6.85. The first kappa shape index (κ1) is 21.5. The molecule has 1 aliphatic rings. The summed E-state index contributed by atoms with van der Waals surface area (Å²) in [6.45, 7) is 0.370. The van der Waals surface area contributed by atoms with E-state index in [1.54, 1.807) is 11.0 Å². The van der Waals surface area contributed by atoms with E-state index < -0.39 is 21.9 Å². The molecular weight excluding hydrogens is 376 g/mol. The third-order valence-corrected chi connectivity index (χ3v) is 5.61. The number of halogens is 2. The van der Waals surface area contributed by atoms with Crippen LogP contribution < -0.4 is 0 Å². The summed E-state index contributed by atoms with van der Waals surface area (Å²) < 4.78 is 50.9. The fraction of sp³-hybridized carbons (Fsp3) is 0.526. The van der Waals surface area contributed by atoms with Gasteiger partial charge in [0.1, 0.15) is 15.9 Å². The van der Waals surface area contributed by atoms with Gasteiger partial charge in [-0.3, -0.25) is 4.79 Å². The van der Waals surface area contributed by atoms with Crippen molar-refractivity contribution in [2.24, 2.45) is 0 Å². The lowest BCUT2D eigenvalue weighted by Crippen LogP contribution is -2.34. The van der Waals surface area contributed by atoms with Crippen molar-refractivity contribution in [3.8, 4) is 0 Å². The minimum atomic E-state index is -3.43. The molecule has 0 spiro atoms. The first-order valence-electron chi connectivity index (χ1n) is 8.88. The first-order chi connectivity index (χ1) is 12.6. The van der Waals surface area contributed by atoms with Gasteiger partial charge in [0.2, 0.25) is 5.91 Å². The molecule has 0 aliphatic carbocycles. The van der Waals surface area contributed by atoms with Crippen molar-refractivity contribution in [1.82, 2.24) is 4.90 Å². The lowest BCUT2D eigenvalue weighted by molar-refractivity contribution is -0.128. The minimum absolute atomic E-state index is 0.0531. The van der Waals surface area contributed by atoms with Crippen LogP contribution in [0.25, 0.3) is 0 Å². The predicted octanol–water partition coefficient (Wildman–Crippen LogP) is 2.51. The van der Waals surface area contributed by atoms with Crippen LogP contribution in [0.5, 0.6) is 0 Å². The molecule has 1 aliphatic heterocycles. The SMILES string of the molecule is CS(=O)(=O)CCCCN1C(=O)CC[C@@H]1/C=C/[C@@H](O)C(F)(F)c1ccccc1. The molecule has 1 aromatic rings. The van der Waals surface area contributed by atoms with E-state index >= 15 is 0 Å². The molecule has 5 nitrogen and oxygen atoms in total. The Kier molecular flexibility index (Phi) is 7.11. The van der Waals surface area contributed by atoms with Gasteiger partial charge >= 0.3 is 5.92 Å². The van der Waals surface area contributed by atoms with Crippen LogP contribution in [-0.2, 0) is 20.6 Å². The number of sulfone groups is 1. The summed E-state index contributed by atoms with van der Waals surface area (Å²) >= 11 is 0. The minimum Gasteiger partial charge on any atom is -0.382 e. The van der Waals surface area contributed by atoms with E-state index in [1.165, 1.54) is 30.3 Å². The molecule has 1 amide bonds. The zero-order valence-electron chi connectivity index (χ0n) is 15.2. The van der Waals surface area contributed by atoms with Crippen LogP contribution in [0.4, 0.5) is 8.78 Å². The van der Waals surface area contributed by atoms with Gasteiger partial charge in [0.05, 0.1) is 6.04 Å². The first-order valence-corrected chi connectivity index (χ1v) is 10.9. The number of carbonyl (C=O) groups excluding carboxylic acids is 1. The van der Waals surface area contributed by atoms with Crippen molar-refractivity contribution >= 4 is 15.7 Å². The molecule has 2 rings (SSSR count). The Bertz CT molecular complexity index is 765. The number of unbranched alkanes of at least 4 members (excludes halogenated alkanes) is 1. The highest BCUT2D eigenvalue weighted by Crippen LogP contribution is 2.32. The lowest BCUT2D eigenvalue weighted by Gasteiger charge is -2.24. The maximum Gasteiger partial charge on any atom is 0.302 e. The number of nitrogens with zero attached hydrogens (tertiary/aromatic N) is 1. The average molecular weight is 401 g/mol. The Balaban J connectivity index is 1.96. The number of amides is 1. The molecule has 8 heteroatoms. The van der Waals surface area contributed by atoms with Crippen LogP contribution in [0.3, 0.4) is 0 Å². The smallest absolute Gasteiger partial charge is 0.302 e. The van der Waals surface area contributed by atoms with E-state index in [0.717, 1.165) is 12.3 Å². The summed E-state index contributed by atoms with van der Waals surface area (Å²) in [6.07, 6.45) is 3.41. The molecule has 0 bridgehead atoms.